The van der Waals surface area contributed by atoms with E-state index in [-0.39, 0.29) is 23.7 Å². The Labute approximate surface area is 70.5 Å². The lowest BCUT2D eigenvalue weighted by Crippen LogP contribution is -2.24. The van der Waals surface area contributed by atoms with Crippen LogP contribution in [-0.4, -0.2) is 11.8 Å². The van der Waals surface area contributed by atoms with Crippen LogP contribution in [-0.2, 0) is 9.59 Å². The van der Waals surface area contributed by atoms with Crippen LogP contribution in [0.3, 0.4) is 0 Å². The number of amides is 2. The molecule has 3 nitrogen and oxygen atoms in total. The van der Waals surface area contributed by atoms with Gasteiger partial charge in [-0.2, -0.15) is 0 Å². The van der Waals surface area contributed by atoms with Crippen LogP contribution >= 0.6 is 0 Å². The normalized spacial score (nSPS) is 49.7. The monoisotopic (exact) mass is 165 g/mol. The molecule has 1 saturated heterocycles. The van der Waals surface area contributed by atoms with Gasteiger partial charge in [0.15, 0.2) is 0 Å². The van der Waals surface area contributed by atoms with E-state index in [0.29, 0.717) is 11.8 Å². The molecule has 0 aromatic heterocycles. The van der Waals surface area contributed by atoms with Crippen molar-refractivity contribution in [1.82, 2.24) is 5.32 Å². The number of imide groups is 1. The van der Waals surface area contributed by atoms with E-state index in [4.69, 9.17) is 0 Å². The molecule has 2 aliphatic carbocycles. The van der Waals surface area contributed by atoms with Crippen molar-refractivity contribution in [3.63, 3.8) is 0 Å². The molecule has 1 aliphatic heterocycles. The van der Waals surface area contributed by atoms with Crippen molar-refractivity contribution in [1.29, 1.82) is 0 Å². The average Bonchev–Trinajstić information content (AvgIpc) is 2.64. The Kier molecular flexibility index (Phi) is 1.05. The summed E-state index contributed by atoms with van der Waals surface area (Å²) in [5.41, 5.74) is 0. The molecule has 0 spiro atoms. The van der Waals surface area contributed by atoms with Gasteiger partial charge in [0, 0.05) is 0 Å². The van der Waals surface area contributed by atoms with Crippen molar-refractivity contribution in [2.45, 2.75) is 19.3 Å². The van der Waals surface area contributed by atoms with Crippen LogP contribution in [0.5, 0.6) is 0 Å². The Bertz CT molecular complexity index is 248. The highest BCUT2D eigenvalue weighted by Gasteiger charge is 2.57. The van der Waals surface area contributed by atoms with Crippen LogP contribution < -0.4 is 5.32 Å². The lowest BCUT2D eigenvalue weighted by atomic mass is 9.81. The predicted molar refractivity (Wildman–Crippen MR) is 41.0 cm³/mol. The molecule has 0 radical (unpaired) electrons. The maximum Gasteiger partial charge on any atom is 0.230 e. The van der Waals surface area contributed by atoms with Crippen LogP contribution in [0, 0.1) is 23.7 Å². The highest BCUT2D eigenvalue weighted by molar-refractivity contribution is 6.05. The first-order valence-corrected chi connectivity index (χ1v) is 4.62. The second-order valence-electron chi connectivity index (χ2n) is 4.24. The first kappa shape index (κ1) is 6.63. The van der Waals surface area contributed by atoms with Crippen LogP contribution in [0.25, 0.3) is 0 Å². The SMILES string of the molecule is O=C1NC(=O)[C@H]2[C@H]3CC[C@@H](C3)[C@@H]12. The lowest BCUT2D eigenvalue weighted by molar-refractivity contribution is -0.126. The summed E-state index contributed by atoms with van der Waals surface area (Å²) in [4.78, 5) is 22.6. The van der Waals surface area contributed by atoms with Crippen molar-refractivity contribution in [2.24, 2.45) is 23.7 Å². The van der Waals surface area contributed by atoms with Crippen LogP contribution in [0.15, 0.2) is 0 Å². The van der Waals surface area contributed by atoms with Crippen LogP contribution in [0.2, 0.25) is 0 Å². The summed E-state index contributed by atoms with van der Waals surface area (Å²) in [7, 11) is 0. The molecular weight excluding hydrogens is 154 g/mol. The minimum Gasteiger partial charge on any atom is -0.296 e. The molecule has 64 valence electrons. The van der Waals surface area contributed by atoms with E-state index < -0.39 is 0 Å². The summed E-state index contributed by atoms with van der Waals surface area (Å²) in [6, 6.07) is 0. The van der Waals surface area contributed by atoms with Gasteiger partial charge in [0.25, 0.3) is 0 Å². The molecule has 3 fully saturated rings. The van der Waals surface area contributed by atoms with E-state index in [9.17, 15) is 9.59 Å². The predicted octanol–water partition coefficient (Wildman–Crippen LogP) is 0.305. The Balaban J connectivity index is 2.03. The molecule has 1 N–H and O–H groups in total. The van der Waals surface area contributed by atoms with Gasteiger partial charge in [-0.15, -0.1) is 0 Å². The van der Waals surface area contributed by atoms with E-state index in [1.165, 1.54) is 0 Å². The van der Waals surface area contributed by atoms with Gasteiger partial charge in [-0.1, -0.05) is 0 Å². The Morgan fingerprint density at radius 3 is 2.00 bits per heavy atom. The quantitative estimate of drug-likeness (QED) is 0.525. The largest absolute Gasteiger partial charge is 0.296 e. The van der Waals surface area contributed by atoms with Gasteiger partial charge in [0.2, 0.25) is 11.8 Å². The zero-order valence-corrected chi connectivity index (χ0v) is 6.75. The Morgan fingerprint density at radius 1 is 1.00 bits per heavy atom. The van der Waals surface area contributed by atoms with Crippen molar-refractivity contribution < 1.29 is 9.59 Å². The topological polar surface area (TPSA) is 46.2 Å². The second kappa shape index (κ2) is 1.90. The molecule has 0 aromatic carbocycles. The van der Waals surface area contributed by atoms with Gasteiger partial charge >= 0.3 is 0 Å². The second-order valence-corrected chi connectivity index (χ2v) is 4.24. The van der Waals surface area contributed by atoms with Crippen molar-refractivity contribution in [2.75, 3.05) is 0 Å². The first-order valence-electron chi connectivity index (χ1n) is 4.62. The van der Waals surface area contributed by atoms with Crippen LogP contribution in [0.4, 0.5) is 0 Å². The third-order valence-corrected chi connectivity index (χ3v) is 3.77. The van der Waals surface area contributed by atoms with Crippen molar-refractivity contribution in [3.8, 4) is 0 Å². The molecule has 3 aliphatic rings. The van der Waals surface area contributed by atoms with E-state index in [0.717, 1.165) is 19.3 Å². The first-order chi connectivity index (χ1) is 5.77. The molecule has 2 amide bonds. The number of nitrogens with one attached hydrogen (secondary N) is 1. The summed E-state index contributed by atoms with van der Waals surface area (Å²) in [6.45, 7) is 0. The molecular formula is C9H11NO2. The molecule has 3 rings (SSSR count). The van der Waals surface area contributed by atoms with Crippen molar-refractivity contribution >= 4 is 11.8 Å². The summed E-state index contributed by atoms with van der Waals surface area (Å²) in [6.07, 6.45) is 3.44. The van der Waals surface area contributed by atoms with Gasteiger partial charge in [0.05, 0.1) is 11.8 Å². The fourth-order valence-corrected chi connectivity index (χ4v) is 3.33. The van der Waals surface area contributed by atoms with Gasteiger partial charge in [-0.3, -0.25) is 14.9 Å². The number of hydrogen-bond acceptors (Lipinski definition) is 2. The number of carbonyl (C=O) groups excluding carboxylic acids is 2. The van der Waals surface area contributed by atoms with E-state index in [1.807, 2.05) is 0 Å². The fraction of sp³-hybridized carbons (Fsp3) is 0.778. The molecule has 0 unspecified atom stereocenters. The standard InChI is InChI=1S/C9H11NO2/c11-8-6-4-1-2-5(3-4)7(6)9(12)10-8/h4-7H,1-3H2,(H,10,11,12)/t4-,5-,6-,7+/m0/s1. The van der Waals surface area contributed by atoms with Gasteiger partial charge in [-0.05, 0) is 31.1 Å². The minimum atomic E-state index is -0.00259. The fourth-order valence-electron chi connectivity index (χ4n) is 3.33. The molecule has 1 heterocycles. The summed E-state index contributed by atoms with van der Waals surface area (Å²) in [5, 5.41) is 2.44. The van der Waals surface area contributed by atoms with E-state index in [1.54, 1.807) is 0 Å². The molecule has 3 heteroatoms. The minimum absolute atomic E-state index is 0.00259. The zero-order chi connectivity index (χ0) is 8.29. The number of rotatable bonds is 0. The molecule has 0 aromatic rings. The van der Waals surface area contributed by atoms with Crippen LogP contribution in [0.1, 0.15) is 19.3 Å². The van der Waals surface area contributed by atoms with E-state index >= 15 is 0 Å². The van der Waals surface area contributed by atoms with Gasteiger partial charge in [-0.25, -0.2) is 0 Å². The maximum absolute atomic E-state index is 11.3. The van der Waals surface area contributed by atoms with Gasteiger partial charge < -0.3 is 0 Å². The Hall–Kier alpha value is -0.860. The van der Waals surface area contributed by atoms with Gasteiger partial charge in [0.1, 0.15) is 0 Å². The smallest absolute Gasteiger partial charge is 0.230 e. The third-order valence-electron chi connectivity index (χ3n) is 3.77. The highest BCUT2D eigenvalue weighted by Crippen LogP contribution is 2.54. The summed E-state index contributed by atoms with van der Waals surface area (Å²) < 4.78 is 0. The number of fused-ring (bicyclic) bond motifs is 5. The molecule has 2 bridgehead atoms. The summed E-state index contributed by atoms with van der Waals surface area (Å²) in [5.74, 6) is 1.14. The third kappa shape index (κ3) is 0.586. The van der Waals surface area contributed by atoms with Crippen molar-refractivity contribution in [3.05, 3.63) is 0 Å². The molecule has 2 saturated carbocycles. The molecule has 4 atom stereocenters. The van der Waals surface area contributed by atoms with E-state index in [2.05, 4.69) is 5.32 Å². The maximum atomic E-state index is 11.3. The summed E-state index contributed by atoms with van der Waals surface area (Å²) >= 11 is 0. The Morgan fingerprint density at radius 2 is 1.50 bits per heavy atom. The molecule has 12 heavy (non-hydrogen) atoms. The zero-order valence-electron chi connectivity index (χ0n) is 6.75. The number of carbonyl (C=O) groups is 2. The average molecular weight is 165 g/mol. The number of hydrogen-bond donors (Lipinski definition) is 1. The lowest BCUT2D eigenvalue weighted by Gasteiger charge is -2.19. The highest BCUT2D eigenvalue weighted by atomic mass is 16.2.